The molecule has 0 heterocycles. The molecule has 3 N–H and O–H groups in total. The van der Waals surface area contributed by atoms with Crippen LogP contribution in [0.3, 0.4) is 0 Å². The molecule has 5 nitrogen and oxygen atoms in total. The fourth-order valence-corrected chi connectivity index (χ4v) is 1.55. The molecule has 1 unspecified atom stereocenters. The van der Waals surface area contributed by atoms with Crippen LogP contribution in [0.5, 0.6) is 0 Å². The van der Waals surface area contributed by atoms with Gasteiger partial charge in [0.25, 0.3) is 0 Å². The average Bonchev–Trinajstić information content (AvgIpc) is 2.41. The first-order chi connectivity index (χ1) is 9.31. The van der Waals surface area contributed by atoms with E-state index in [4.69, 9.17) is 14.6 Å². The molecule has 0 bridgehead atoms. The van der Waals surface area contributed by atoms with Gasteiger partial charge in [-0.15, -0.1) is 0 Å². The van der Waals surface area contributed by atoms with Gasteiger partial charge in [0.1, 0.15) is 0 Å². The van der Waals surface area contributed by atoms with Gasteiger partial charge in [-0.05, 0) is 32.2 Å². The van der Waals surface area contributed by atoms with Gasteiger partial charge in [0.05, 0.1) is 25.9 Å². The molecule has 0 aromatic heterocycles. The highest BCUT2D eigenvalue weighted by molar-refractivity contribution is 4.58. The van der Waals surface area contributed by atoms with Gasteiger partial charge >= 0.3 is 0 Å². The molecule has 1 atom stereocenters. The highest BCUT2D eigenvalue weighted by atomic mass is 16.5. The maximum Gasteiger partial charge on any atom is 0.0897 e. The lowest BCUT2D eigenvalue weighted by Gasteiger charge is -2.12. The van der Waals surface area contributed by atoms with Gasteiger partial charge in [0.15, 0.2) is 0 Å². The summed E-state index contributed by atoms with van der Waals surface area (Å²) in [7, 11) is 0. The van der Waals surface area contributed by atoms with Crippen molar-refractivity contribution in [2.24, 2.45) is 0 Å². The molecule has 116 valence electrons. The second kappa shape index (κ2) is 15.9. The Morgan fingerprint density at radius 1 is 1.00 bits per heavy atom. The standard InChI is InChI=1S/C14H31NO4/c1-2-3-9-18-10-11-19-13-14(17)12-15-7-5-4-6-8-16/h14-17H,2-13H2,1H3. The molecule has 0 radical (unpaired) electrons. The minimum absolute atomic E-state index is 0.261. The van der Waals surface area contributed by atoms with Crippen molar-refractivity contribution < 1.29 is 19.7 Å². The molecule has 0 aliphatic heterocycles. The van der Waals surface area contributed by atoms with Crippen molar-refractivity contribution in [3.63, 3.8) is 0 Å². The smallest absolute Gasteiger partial charge is 0.0897 e. The fraction of sp³-hybridized carbons (Fsp3) is 1.00. The molecule has 0 fully saturated rings. The van der Waals surface area contributed by atoms with Crippen LogP contribution in [0.4, 0.5) is 0 Å². The van der Waals surface area contributed by atoms with Crippen LogP contribution in [0.1, 0.15) is 39.0 Å². The summed E-state index contributed by atoms with van der Waals surface area (Å²) in [6.45, 7) is 6.09. The normalized spacial score (nSPS) is 12.8. The fourth-order valence-electron chi connectivity index (χ4n) is 1.55. The van der Waals surface area contributed by atoms with Gasteiger partial charge in [0.2, 0.25) is 0 Å². The summed E-state index contributed by atoms with van der Waals surface area (Å²) in [6, 6.07) is 0. The van der Waals surface area contributed by atoms with Crippen molar-refractivity contribution in [2.45, 2.75) is 45.1 Å². The van der Waals surface area contributed by atoms with Crippen molar-refractivity contribution in [2.75, 3.05) is 46.1 Å². The SMILES string of the molecule is CCCCOCCOCC(O)CNCCCCCO. The van der Waals surface area contributed by atoms with Crippen LogP contribution in [0.15, 0.2) is 0 Å². The number of nitrogens with one attached hydrogen (secondary N) is 1. The van der Waals surface area contributed by atoms with Crippen molar-refractivity contribution in [1.82, 2.24) is 5.32 Å². The van der Waals surface area contributed by atoms with E-state index < -0.39 is 6.10 Å². The molecule has 0 spiro atoms. The minimum Gasteiger partial charge on any atom is -0.396 e. The molecular weight excluding hydrogens is 246 g/mol. The quantitative estimate of drug-likeness (QED) is 0.389. The van der Waals surface area contributed by atoms with E-state index in [0.717, 1.165) is 45.3 Å². The third kappa shape index (κ3) is 15.7. The number of hydrogen-bond acceptors (Lipinski definition) is 5. The third-order valence-corrected chi connectivity index (χ3v) is 2.72. The molecule has 0 aliphatic carbocycles. The first-order valence-corrected chi connectivity index (χ1v) is 7.46. The van der Waals surface area contributed by atoms with Crippen LogP contribution >= 0.6 is 0 Å². The molecule has 0 aliphatic rings. The lowest BCUT2D eigenvalue weighted by molar-refractivity contribution is 0.00396. The Balaban J connectivity index is 3.10. The number of unbranched alkanes of at least 4 members (excludes halogenated alkanes) is 3. The molecule has 0 aromatic rings. The van der Waals surface area contributed by atoms with Gasteiger partial charge in [0, 0.05) is 19.8 Å². The number of rotatable bonds is 15. The van der Waals surface area contributed by atoms with E-state index in [0.29, 0.717) is 26.4 Å². The second-order valence-electron chi connectivity index (χ2n) is 4.68. The van der Waals surface area contributed by atoms with E-state index in [-0.39, 0.29) is 6.61 Å². The summed E-state index contributed by atoms with van der Waals surface area (Å²) in [5.41, 5.74) is 0. The first-order valence-electron chi connectivity index (χ1n) is 7.46. The maximum atomic E-state index is 9.62. The third-order valence-electron chi connectivity index (χ3n) is 2.72. The molecule has 0 amide bonds. The van der Waals surface area contributed by atoms with E-state index in [1.807, 2.05) is 0 Å². The van der Waals surface area contributed by atoms with E-state index in [1.54, 1.807) is 0 Å². The van der Waals surface area contributed by atoms with Crippen molar-refractivity contribution in [3.05, 3.63) is 0 Å². The predicted molar refractivity (Wildman–Crippen MR) is 76.4 cm³/mol. The highest BCUT2D eigenvalue weighted by Gasteiger charge is 2.03. The summed E-state index contributed by atoms with van der Waals surface area (Å²) >= 11 is 0. The molecule has 0 aromatic carbocycles. The molecule has 0 saturated heterocycles. The number of aliphatic hydroxyl groups excluding tert-OH is 2. The number of aliphatic hydroxyl groups is 2. The van der Waals surface area contributed by atoms with Gasteiger partial charge in [-0.25, -0.2) is 0 Å². The lowest BCUT2D eigenvalue weighted by Crippen LogP contribution is -2.31. The first kappa shape index (κ1) is 18.8. The molecular formula is C14H31NO4. The van der Waals surface area contributed by atoms with Gasteiger partial charge in [-0.1, -0.05) is 13.3 Å². The summed E-state index contributed by atoms with van der Waals surface area (Å²) in [5, 5.41) is 21.4. The summed E-state index contributed by atoms with van der Waals surface area (Å²) in [6.07, 6.45) is 4.66. The van der Waals surface area contributed by atoms with Gasteiger partial charge < -0.3 is 25.0 Å². The van der Waals surface area contributed by atoms with E-state index >= 15 is 0 Å². The predicted octanol–water partition coefficient (Wildman–Crippen LogP) is 0.933. The Kier molecular flexibility index (Phi) is 15.7. The van der Waals surface area contributed by atoms with E-state index in [9.17, 15) is 5.11 Å². The molecule has 5 heteroatoms. The topological polar surface area (TPSA) is 71.0 Å². The minimum atomic E-state index is -0.464. The zero-order valence-corrected chi connectivity index (χ0v) is 12.3. The van der Waals surface area contributed by atoms with Crippen LogP contribution in [-0.4, -0.2) is 62.4 Å². The maximum absolute atomic E-state index is 9.62. The lowest BCUT2D eigenvalue weighted by atomic mass is 10.2. The Bertz CT molecular complexity index is 170. The van der Waals surface area contributed by atoms with Crippen molar-refractivity contribution in [3.8, 4) is 0 Å². The Hall–Kier alpha value is -0.200. The van der Waals surface area contributed by atoms with E-state index in [2.05, 4.69) is 12.2 Å². The Labute approximate surface area is 117 Å². The number of hydrogen-bond donors (Lipinski definition) is 3. The zero-order valence-electron chi connectivity index (χ0n) is 12.3. The molecule has 0 saturated carbocycles. The van der Waals surface area contributed by atoms with Gasteiger partial charge in [-0.3, -0.25) is 0 Å². The van der Waals surface area contributed by atoms with Crippen LogP contribution in [-0.2, 0) is 9.47 Å². The van der Waals surface area contributed by atoms with Crippen molar-refractivity contribution in [1.29, 1.82) is 0 Å². The van der Waals surface area contributed by atoms with Crippen LogP contribution < -0.4 is 5.32 Å². The summed E-state index contributed by atoms with van der Waals surface area (Å²) in [5.74, 6) is 0. The summed E-state index contributed by atoms with van der Waals surface area (Å²) < 4.78 is 10.7. The highest BCUT2D eigenvalue weighted by Crippen LogP contribution is 1.92. The monoisotopic (exact) mass is 277 g/mol. The second-order valence-corrected chi connectivity index (χ2v) is 4.68. The Morgan fingerprint density at radius 2 is 1.79 bits per heavy atom. The molecule has 0 rings (SSSR count). The summed E-state index contributed by atoms with van der Waals surface area (Å²) in [4.78, 5) is 0. The molecule has 19 heavy (non-hydrogen) atoms. The average molecular weight is 277 g/mol. The van der Waals surface area contributed by atoms with Crippen molar-refractivity contribution >= 4 is 0 Å². The Morgan fingerprint density at radius 3 is 2.53 bits per heavy atom. The largest absolute Gasteiger partial charge is 0.396 e. The van der Waals surface area contributed by atoms with Crippen LogP contribution in [0.2, 0.25) is 0 Å². The van der Waals surface area contributed by atoms with E-state index in [1.165, 1.54) is 0 Å². The van der Waals surface area contributed by atoms with Gasteiger partial charge in [-0.2, -0.15) is 0 Å². The van der Waals surface area contributed by atoms with Crippen LogP contribution in [0, 0.1) is 0 Å². The zero-order chi connectivity index (χ0) is 14.2. The van der Waals surface area contributed by atoms with Crippen LogP contribution in [0.25, 0.3) is 0 Å². The number of ether oxygens (including phenoxy) is 2.